The zero-order valence-corrected chi connectivity index (χ0v) is 9.94. The van der Waals surface area contributed by atoms with Gasteiger partial charge in [0.15, 0.2) is 0 Å². The molecule has 0 N–H and O–H groups in total. The van der Waals surface area contributed by atoms with E-state index >= 15 is 0 Å². The summed E-state index contributed by atoms with van der Waals surface area (Å²) < 4.78 is 27.4. The molecule has 0 saturated heterocycles. The van der Waals surface area contributed by atoms with E-state index in [-0.39, 0.29) is 41.1 Å². The molecule has 0 radical (unpaired) electrons. The molecule has 7 heteroatoms. The molecule has 0 unspecified atom stereocenters. The number of carbonyl (C=O) groups excluding carboxylic acids is 1. The molecule has 1 aromatic heterocycles. The van der Waals surface area contributed by atoms with E-state index < -0.39 is 19.0 Å². The monoisotopic (exact) mass is 225 g/mol. The third kappa shape index (κ3) is 5.66. The average Bonchev–Trinajstić information content (AvgIpc) is 2.01. The molecule has 0 bridgehead atoms. The Morgan fingerprint density at radius 3 is 2.73 bits per heavy atom. The Labute approximate surface area is 107 Å². The van der Waals surface area contributed by atoms with Gasteiger partial charge in [0.1, 0.15) is 0 Å². The van der Waals surface area contributed by atoms with Crippen LogP contribution in [0.2, 0.25) is 0 Å². The van der Waals surface area contributed by atoms with Crippen molar-refractivity contribution in [3.63, 3.8) is 0 Å². The van der Waals surface area contributed by atoms with E-state index in [1.165, 1.54) is 18.2 Å². The van der Waals surface area contributed by atoms with Gasteiger partial charge in [-0.1, -0.05) is 6.07 Å². The summed E-state index contributed by atoms with van der Waals surface area (Å²) >= 11 is 0. The molecule has 0 aliphatic rings. The molecule has 0 spiro atoms. The number of ether oxygens (including phenoxy) is 1. The predicted octanol–water partition coefficient (Wildman–Crippen LogP) is -3.02. The molecule has 0 aliphatic carbocycles. The Morgan fingerprint density at radius 2 is 2.20 bits per heavy atom. The predicted molar refractivity (Wildman–Crippen MR) is 39.6 cm³/mol. The van der Waals surface area contributed by atoms with Gasteiger partial charge in [0.05, 0.1) is 5.69 Å². The van der Waals surface area contributed by atoms with Crippen LogP contribution >= 0.6 is 0 Å². The van der Waals surface area contributed by atoms with E-state index in [1.54, 1.807) is 0 Å². The Morgan fingerprint density at radius 1 is 1.53 bits per heavy atom. The largest absolute Gasteiger partial charge is 1.00 e. The number of rotatable bonds is 4. The van der Waals surface area contributed by atoms with Gasteiger partial charge in [-0.3, -0.25) is 0 Å². The SMILES string of the molecule is O=C([O-])Cc1cccc(OC(F)F)n1.[Na+]. The van der Waals surface area contributed by atoms with Gasteiger partial charge in [0.2, 0.25) is 5.88 Å². The molecular weight excluding hydrogens is 219 g/mol. The summed E-state index contributed by atoms with van der Waals surface area (Å²) in [5.74, 6) is -1.63. The van der Waals surface area contributed by atoms with Crippen LogP contribution in [0.1, 0.15) is 5.69 Å². The van der Waals surface area contributed by atoms with Crippen LogP contribution in [-0.4, -0.2) is 17.6 Å². The van der Waals surface area contributed by atoms with Crippen LogP contribution in [0, 0.1) is 0 Å². The number of carboxylic acids is 1. The Hall–Kier alpha value is -0.720. The van der Waals surface area contributed by atoms with Gasteiger partial charge in [-0.25, -0.2) is 4.98 Å². The van der Waals surface area contributed by atoms with E-state index in [4.69, 9.17) is 0 Å². The summed E-state index contributed by atoms with van der Waals surface area (Å²) in [4.78, 5) is 13.7. The second-order valence-electron chi connectivity index (χ2n) is 2.39. The number of alkyl halides is 2. The number of hydrogen-bond acceptors (Lipinski definition) is 4. The van der Waals surface area contributed by atoms with E-state index in [0.717, 1.165) is 0 Å². The van der Waals surface area contributed by atoms with Crippen molar-refractivity contribution in [2.45, 2.75) is 13.0 Å². The molecule has 1 rings (SSSR count). The zero-order valence-electron chi connectivity index (χ0n) is 7.94. The first-order chi connectivity index (χ1) is 6.58. The van der Waals surface area contributed by atoms with Crippen molar-refractivity contribution in [2.75, 3.05) is 0 Å². The average molecular weight is 225 g/mol. The van der Waals surface area contributed by atoms with Crippen LogP contribution in [0.4, 0.5) is 8.78 Å². The van der Waals surface area contributed by atoms with Crippen molar-refractivity contribution in [1.29, 1.82) is 0 Å². The maximum absolute atomic E-state index is 11.7. The van der Waals surface area contributed by atoms with Crippen molar-refractivity contribution < 1.29 is 53.0 Å². The normalized spacial score (nSPS) is 9.53. The molecule has 15 heavy (non-hydrogen) atoms. The van der Waals surface area contributed by atoms with Crippen molar-refractivity contribution in [1.82, 2.24) is 4.98 Å². The number of pyridine rings is 1. The number of carbonyl (C=O) groups is 1. The van der Waals surface area contributed by atoms with Gasteiger partial charge < -0.3 is 14.6 Å². The molecule has 0 amide bonds. The molecule has 76 valence electrons. The number of aliphatic carboxylic acids is 1. The third-order valence-electron chi connectivity index (χ3n) is 1.32. The van der Waals surface area contributed by atoms with Gasteiger partial charge in [-0.15, -0.1) is 0 Å². The first-order valence-corrected chi connectivity index (χ1v) is 3.68. The summed E-state index contributed by atoms with van der Waals surface area (Å²) in [6.45, 7) is -2.97. The molecule has 0 aromatic carbocycles. The van der Waals surface area contributed by atoms with Crippen LogP contribution in [0.5, 0.6) is 5.88 Å². The van der Waals surface area contributed by atoms with Gasteiger partial charge in [0.25, 0.3) is 0 Å². The summed E-state index contributed by atoms with van der Waals surface area (Å²) in [5, 5.41) is 10.2. The molecule has 0 fully saturated rings. The standard InChI is InChI=1S/C8H7F2NO3.Na/c9-8(10)14-6-3-1-2-5(11-6)4-7(12)13;/h1-3,8H,4H2,(H,12,13);/q;+1/p-1. The maximum Gasteiger partial charge on any atom is 1.00 e. The number of hydrogen-bond donors (Lipinski definition) is 0. The topological polar surface area (TPSA) is 62.2 Å². The fraction of sp³-hybridized carbons (Fsp3) is 0.250. The molecule has 1 heterocycles. The molecule has 1 aromatic rings. The van der Waals surface area contributed by atoms with Crippen molar-refractivity contribution in [2.24, 2.45) is 0 Å². The van der Waals surface area contributed by atoms with Gasteiger partial charge in [-0.2, -0.15) is 8.78 Å². The number of carboxylic acid groups (broad SMARTS) is 1. The van der Waals surface area contributed by atoms with Crippen LogP contribution in [0.3, 0.4) is 0 Å². The second-order valence-corrected chi connectivity index (χ2v) is 2.39. The van der Waals surface area contributed by atoms with Crippen molar-refractivity contribution >= 4 is 5.97 Å². The first kappa shape index (κ1) is 14.3. The summed E-state index contributed by atoms with van der Waals surface area (Å²) in [6, 6.07) is 3.97. The quantitative estimate of drug-likeness (QED) is 0.512. The smallest absolute Gasteiger partial charge is 0.550 e. The van der Waals surface area contributed by atoms with Crippen LogP contribution in [0.25, 0.3) is 0 Å². The second kappa shape index (κ2) is 6.71. The fourth-order valence-electron chi connectivity index (χ4n) is 0.861. The van der Waals surface area contributed by atoms with Gasteiger partial charge >= 0.3 is 36.2 Å². The molecule has 0 atom stereocenters. The third-order valence-corrected chi connectivity index (χ3v) is 1.32. The first-order valence-electron chi connectivity index (χ1n) is 3.68. The Bertz CT molecular complexity index is 335. The molecule has 0 aliphatic heterocycles. The Balaban J connectivity index is 0.00000196. The summed E-state index contributed by atoms with van der Waals surface area (Å²) in [5.41, 5.74) is 0.114. The summed E-state index contributed by atoms with van der Waals surface area (Å²) in [6.07, 6.45) is -0.430. The van der Waals surface area contributed by atoms with E-state index in [9.17, 15) is 18.7 Å². The maximum atomic E-state index is 11.7. The van der Waals surface area contributed by atoms with E-state index in [2.05, 4.69) is 9.72 Å². The fourth-order valence-corrected chi connectivity index (χ4v) is 0.861. The zero-order chi connectivity index (χ0) is 10.6. The van der Waals surface area contributed by atoms with E-state index in [0.29, 0.717) is 0 Å². The van der Waals surface area contributed by atoms with Gasteiger partial charge in [-0.05, 0) is 6.07 Å². The van der Waals surface area contributed by atoms with Gasteiger partial charge in [0, 0.05) is 18.5 Å². The molecule has 4 nitrogen and oxygen atoms in total. The molecular formula is C8H6F2NNaO3. The number of nitrogens with zero attached hydrogens (tertiary/aromatic N) is 1. The minimum atomic E-state index is -2.97. The van der Waals surface area contributed by atoms with Crippen molar-refractivity contribution in [3.05, 3.63) is 23.9 Å². The Kier molecular flexibility index (Phi) is 6.38. The summed E-state index contributed by atoms with van der Waals surface area (Å²) in [7, 11) is 0. The number of aromatic nitrogens is 1. The van der Waals surface area contributed by atoms with Crippen LogP contribution in [0.15, 0.2) is 18.2 Å². The van der Waals surface area contributed by atoms with Crippen LogP contribution in [-0.2, 0) is 11.2 Å². The van der Waals surface area contributed by atoms with Crippen LogP contribution < -0.4 is 39.4 Å². The molecule has 0 saturated carbocycles. The minimum Gasteiger partial charge on any atom is -0.550 e. The van der Waals surface area contributed by atoms with E-state index in [1.807, 2.05) is 0 Å². The number of halogens is 2. The minimum absolute atomic E-state index is 0. The van der Waals surface area contributed by atoms with Crippen molar-refractivity contribution in [3.8, 4) is 5.88 Å².